The average molecular weight is 566 g/mol. The summed E-state index contributed by atoms with van der Waals surface area (Å²) in [6.45, 7) is 3.03. The molecule has 0 atom stereocenters. The molecule has 0 saturated carbocycles. The zero-order valence-electron chi connectivity index (χ0n) is 21.7. The first-order valence-electron chi connectivity index (χ1n) is 11.4. The summed E-state index contributed by atoms with van der Waals surface area (Å²) in [5, 5.41) is 13.8. The average Bonchev–Trinajstić information content (AvgIpc) is 2.91. The fourth-order valence-corrected chi connectivity index (χ4v) is 2.51. The third-order valence-corrected chi connectivity index (χ3v) is 4.16. The second-order valence-electron chi connectivity index (χ2n) is 7.50. The summed E-state index contributed by atoms with van der Waals surface area (Å²) < 4.78 is 0. The third-order valence-electron chi connectivity index (χ3n) is 4.16. The number of ketones is 4. The van der Waals surface area contributed by atoms with Crippen molar-refractivity contribution in [2.75, 3.05) is 0 Å². The van der Waals surface area contributed by atoms with Crippen LogP contribution in [0, 0.1) is 12.8 Å². The molecule has 0 aliphatic carbocycles. The van der Waals surface area contributed by atoms with E-state index in [9.17, 15) is 9.59 Å². The van der Waals surface area contributed by atoms with Gasteiger partial charge in [-0.05, 0) is 48.5 Å². The molecular formula is C30H34N2O6Ti+8. The summed E-state index contributed by atoms with van der Waals surface area (Å²) in [6.07, 6.45) is 5.83. The van der Waals surface area contributed by atoms with Crippen LogP contribution in [-0.2, 0) is 21.7 Å². The maximum atomic E-state index is 9.37. The van der Waals surface area contributed by atoms with Gasteiger partial charge < -0.3 is 10.2 Å². The van der Waals surface area contributed by atoms with E-state index in [2.05, 4.69) is 9.97 Å². The molecule has 0 spiro atoms. The van der Waals surface area contributed by atoms with Gasteiger partial charge in [-0.3, -0.25) is 9.59 Å². The molecule has 4 rings (SSSR count). The van der Waals surface area contributed by atoms with Crippen LogP contribution in [-0.4, -0.2) is 62.5 Å². The quantitative estimate of drug-likeness (QED) is 0.115. The van der Waals surface area contributed by atoms with Crippen molar-refractivity contribution in [1.29, 1.82) is 0 Å². The summed E-state index contributed by atoms with van der Waals surface area (Å²) in [4.78, 5) is 43.8. The van der Waals surface area contributed by atoms with Crippen LogP contribution < -0.4 is 0 Å². The zero-order chi connectivity index (χ0) is 28.2. The zero-order valence-corrected chi connectivity index (χ0v) is 23.3. The van der Waals surface area contributed by atoms with E-state index < -0.39 is 0 Å². The Kier molecular flexibility index (Phi) is 18.1. The van der Waals surface area contributed by atoms with E-state index in [1.165, 1.54) is 26.7 Å². The second-order valence-corrected chi connectivity index (χ2v) is 7.50. The Labute approximate surface area is 242 Å². The van der Waals surface area contributed by atoms with Crippen LogP contribution in [0.1, 0.15) is 25.0 Å². The summed E-state index contributed by atoms with van der Waals surface area (Å²) in [6, 6.07) is 28.6. The Hall–Kier alpha value is -4.53. The van der Waals surface area contributed by atoms with Gasteiger partial charge in [-0.2, -0.15) is 9.97 Å². The minimum Gasteiger partial charge on any atom is -0.579 e. The van der Waals surface area contributed by atoms with Gasteiger partial charge in [0.25, 0.3) is 12.8 Å². The fraction of sp³-hybridized carbons (Fsp3) is 0.0667. The molecule has 0 aliphatic rings. The first kappa shape index (κ1) is 34.5. The van der Waals surface area contributed by atoms with Crippen molar-refractivity contribution in [3.05, 3.63) is 133 Å². The van der Waals surface area contributed by atoms with Crippen molar-refractivity contribution < 1.29 is 51.1 Å². The number of hydrogen-bond acceptors (Lipinski definition) is 2. The smallest absolute Gasteiger partial charge is 0.512 e. The Morgan fingerprint density at radius 1 is 0.538 bits per heavy atom. The van der Waals surface area contributed by atoms with Crippen LogP contribution in [0.5, 0.6) is 11.8 Å². The van der Waals surface area contributed by atoms with Crippen molar-refractivity contribution in [3.8, 4) is 11.8 Å². The third kappa shape index (κ3) is 17.5. The van der Waals surface area contributed by atoms with Gasteiger partial charge in [0.05, 0.1) is 26.0 Å². The molecule has 39 heavy (non-hydrogen) atoms. The number of nitrogens with zero attached hydrogens (tertiary/aromatic N) is 2. The molecule has 2 heterocycles. The van der Waals surface area contributed by atoms with Gasteiger partial charge in [-0.15, -0.1) is 0 Å². The summed E-state index contributed by atoms with van der Waals surface area (Å²) in [5.74, 6) is 0.990. The Morgan fingerprint density at radius 2 is 0.846 bits per heavy atom. The van der Waals surface area contributed by atoms with Gasteiger partial charge >= 0.3 is 34.9 Å². The monoisotopic (exact) mass is 566 g/mol. The molecule has 2 aromatic carbocycles. The van der Waals surface area contributed by atoms with Crippen LogP contribution >= 0.6 is 0 Å². The maximum absolute atomic E-state index is 9.37. The van der Waals surface area contributed by atoms with Crippen LogP contribution in [0.3, 0.4) is 0 Å². The predicted octanol–water partition coefficient (Wildman–Crippen LogP) is 3.73. The van der Waals surface area contributed by atoms with Crippen molar-refractivity contribution in [1.82, 2.24) is 9.97 Å². The molecule has 8 nitrogen and oxygen atoms in total. The number of rotatable bonds is 6. The molecule has 0 saturated heterocycles. The Bertz CT molecular complexity index is 1150. The van der Waals surface area contributed by atoms with E-state index in [0.717, 1.165) is 0 Å². The minimum absolute atomic E-state index is 0. The van der Waals surface area contributed by atoms with Crippen molar-refractivity contribution in [3.63, 3.8) is 0 Å². The topological polar surface area (TPSA) is 157 Å². The van der Waals surface area contributed by atoms with E-state index in [0.29, 0.717) is 22.9 Å². The van der Waals surface area contributed by atoms with E-state index in [-0.39, 0.29) is 44.9 Å². The molecule has 9 heteroatoms. The number of aromatic nitrogens is 2. The molecule has 0 aliphatic heterocycles. The minimum atomic E-state index is 0. The van der Waals surface area contributed by atoms with Gasteiger partial charge in [-0.1, -0.05) is 12.1 Å². The van der Waals surface area contributed by atoms with E-state index in [4.69, 9.17) is 19.8 Å². The van der Waals surface area contributed by atoms with E-state index in [1.807, 2.05) is 36.4 Å². The van der Waals surface area contributed by atoms with Crippen LogP contribution in [0.4, 0.5) is 0 Å². The van der Waals surface area contributed by atoms with Gasteiger partial charge in [0.15, 0.2) is 0 Å². The number of pyridine rings is 2. The van der Waals surface area contributed by atoms with Crippen molar-refractivity contribution in [2.24, 2.45) is 0 Å². The molecule has 4 aromatic rings. The Morgan fingerprint density at radius 3 is 1.05 bits per heavy atom. The number of benzene rings is 2. The number of hydrogen-bond donors (Lipinski definition) is 0. The molecule has 8 N–H and O–H groups in total. The standard InChI is InChI=1S/2C10H9O2.2C5H5NO.Ti/c2*1-8(11)7-10(12)9-5-3-2-4-6-9;2*7-5-3-1-2-4-6-5;/h2*2-7H,1H3;2*1-4H,(H,6,7);/q2*+1;;;/p+6. The van der Waals surface area contributed by atoms with Gasteiger partial charge in [0.2, 0.25) is 11.1 Å². The normalized spacial score (nSPS) is 8.67. The fourth-order valence-electron chi connectivity index (χ4n) is 2.51. The first-order valence-corrected chi connectivity index (χ1v) is 11.4. The van der Waals surface area contributed by atoms with Gasteiger partial charge in [-0.25, -0.2) is 9.59 Å². The predicted molar refractivity (Wildman–Crippen MR) is 153 cm³/mol. The molecule has 0 unspecified atom stereocenters. The SMILES string of the molecule is CC(=[OH+])[CH+]C(=[OH+])c1ccccc1.CC(=[OH+])[CH+]C(=[OH+])c1ccccc1.[OH2+]c1ccccn1.[OH2+]c1ccccn1.[Ti]. The summed E-state index contributed by atoms with van der Waals surface area (Å²) in [7, 11) is 0. The molecule has 0 amide bonds. The largest absolute Gasteiger partial charge is 0.579 e. The molecule has 2 aromatic heterocycles. The number of carbonyl (C=O) groups excluding carboxylic acids is 4. The van der Waals surface area contributed by atoms with Crippen LogP contribution in [0.2, 0.25) is 0 Å². The van der Waals surface area contributed by atoms with Gasteiger partial charge in [0, 0.05) is 58.4 Å². The van der Waals surface area contributed by atoms with Crippen molar-refractivity contribution >= 4 is 23.1 Å². The summed E-state index contributed by atoms with van der Waals surface area (Å²) in [5.41, 5.74) is 1.40. The van der Waals surface area contributed by atoms with Crippen LogP contribution in [0.25, 0.3) is 0 Å². The van der Waals surface area contributed by atoms with E-state index >= 15 is 0 Å². The second kappa shape index (κ2) is 20.5. The van der Waals surface area contributed by atoms with E-state index in [1.54, 1.807) is 73.1 Å². The van der Waals surface area contributed by atoms with Crippen LogP contribution in [0.15, 0.2) is 109 Å². The molecule has 0 bridgehead atoms. The van der Waals surface area contributed by atoms with Crippen molar-refractivity contribution in [2.45, 2.75) is 13.8 Å². The molecule has 0 radical (unpaired) electrons. The van der Waals surface area contributed by atoms with Gasteiger partial charge in [0.1, 0.15) is 0 Å². The first-order chi connectivity index (χ1) is 18.2. The maximum Gasteiger partial charge on any atom is 0.512 e. The summed E-state index contributed by atoms with van der Waals surface area (Å²) >= 11 is 0. The molecule has 0 fully saturated rings. The Balaban J connectivity index is 0.000000504. The molecule has 196 valence electrons. The molecular weight excluding hydrogens is 532 g/mol.